The quantitative estimate of drug-likeness (QED) is 0.411. The predicted molar refractivity (Wildman–Crippen MR) is 128 cm³/mol. The average Bonchev–Trinajstić information content (AvgIpc) is 2.93. The van der Waals surface area contributed by atoms with Gasteiger partial charge in [0.15, 0.2) is 6.61 Å². The van der Waals surface area contributed by atoms with E-state index in [0.29, 0.717) is 5.75 Å². The van der Waals surface area contributed by atoms with Gasteiger partial charge in [-0.1, -0.05) is 26.7 Å². The molecule has 1 aliphatic rings. The van der Waals surface area contributed by atoms with E-state index in [2.05, 4.69) is 24.8 Å². The van der Waals surface area contributed by atoms with Gasteiger partial charge < -0.3 is 14.7 Å². The zero-order chi connectivity index (χ0) is 22.4. The number of unbranched alkanes of at least 4 members (excludes halogenated alkanes) is 1. The molecule has 3 rings (SSSR count). The maximum absolute atomic E-state index is 13.6. The van der Waals surface area contributed by atoms with E-state index in [4.69, 9.17) is 9.84 Å². The standard InChI is InChI=1S/C24H30FNO3S2/c1-4-6-11-24(5-2)15-26(18-9-7-17(25)8-10-18)19-12-22(30-3)20(29-14-23(27)28)13-21(19)31-16-24/h7-10,12-13H,4-6,11,14-16H2,1-3H3,(H,27,28). The second kappa shape index (κ2) is 10.6. The summed E-state index contributed by atoms with van der Waals surface area (Å²) >= 11 is 3.34. The number of fused-ring (bicyclic) bond motifs is 1. The zero-order valence-corrected chi connectivity index (χ0v) is 20.0. The smallest absolute Gasteiger partial charge is 0.341 e. The van der Waals surface area contributed by atoms with Gasteiger partial charge in [-0.2, -0.15) is 0 Å². The molecule has 2 aromatic carbocycles. The first-order valence-electron chi connectivity index (χ1n) is 10.6. The summed E-state index contributed by atoms with van der Waals surface area (Å²) in [6.45, 7) is 4.96. The number of carboxylic acids is 1. The Morgan fingerprint density at radius 3 is 2.65 bits per heavy atom. The van der Waals surface area contributed by atoms with Crippen molar-refractivity contribution in [2.75, 3.05) is 30.1 Å². The third kappa shape index (κ3) is 5.69. The molecular weight excluding hydrogens is 433 g/mol. The molecule has 0 spiro atoms. The number of benzene rings is 2. The summed E-state index contributed by atoms with van der Waals surface area (Å²) in [4.78, 5) is 15.3. The summed E-state index contributed by atoms with van der Waals surface area (Å²) in [6.07, 6.45) is 6.48. The highest BCUT2D eigenvalue weighted by Gasteiger charge is 2.35. The number of carboxylic acid groups (broad SMARTS) is 1. The minimum Gasteiger partial charge on any atom is -0.481 e. The van der Waals surface area contributed by atoms with Gasteiger partial charge in [0, 0.05) is 22.9 Å². The molecule has 0 fully saturated rings. The number of hydrogen-bond donors (Lipinski definition) is 1. The van der Waals surface area contributed by atoms with Crippen LogP contribution in [0.4, 0.5) is 15.8 Å². The first-order chi connectivity index (χ1) is 14.9. The van der Waals surface area contributed by atoms with Gasteiger partial charge in [0.2, 0.25) is 0 Å². The van der Waals surface area contributed by atoms with Crippen LogP contribution in [0.1, 0.15) is 39.5 Å². The molecule has 1 unspecified atom stereocenters. The topological polar surface area (TPSA) is 49.8 Å². The molecule has 0 saturated heterocycles. The van der Waals surface area contributed by atoms with E-state index in [-0.39, 0.29) is 17.8 Å². The largest absolute Gasteiger partial charge is 0.481 e. The van der Waals surface area contributed by atoms with Gasteiger partial charge in [0.1, 0.15) is 11.6 Å². The molecule has 1 atom stereocenters. The molecule has 0 amide bonds. The number of nitrogens with zero attached hydrogens (tertiary/aromatic N) is 1. The number of rotatable bonds is 9. The fourth-order valence-electron chi connectivity index (χ4n) is 3.91. The summed E-state index contributed by atoms with van der Waals surface area (Å²) < 4.78 is 19.2. The third-order valence-corrected chi connectivity index (χ3v) is 8.02. The van der Waals surface area contributed by atoms with Crippen LogP contribution in [0.25, 0.3) is 0 Å². The lowest BCUT2D eigenvalue weighted by atomic mass is 9.81. The Morgan fingerprint density at radius 1 is 1.29 bits per heavy atom. The third-order valence-electron chi connectivity index (χ3n) is 5.86. The van der Waals surface area contributed by atoms with Crippen molar-refractivity contribution in [2.24, 2.45) is 5.41 Å². The molecule has 0 radical (unpaired) electrons. The molecule has 0 bridgehead atoms. The van der Waals surface area contributed by atoms with Crippen LogP contribution in [-0.2, 0) is 4.79 Å². The number of aliphatic carboxylic acids is 1. The normalized spacial score (nSPS) is 18.4. The predicted octanol–water partition coefficient (Wildman–Crippen LogP) is 6.84. The number of halogens is 1. The van der Waals surface area contributed by atoms with Crippen molar-refractivity contribution < 1.29 is 19.0 Å². The second-order valence-electron chi connectivity index (χ2n) is 7.96. The molecule has 31 heavy (non-hydrogen) atoms. The Labute approximate surface area is 192 Å². The monoisotopic (exact) mass is 463 g/mol. The van der Waals surface area contributed by atoms with Gasteiger partial charge in [0.25, 0.3) is 0 Å². The van der Waals surface area contributed by atoms with E-state index in [1.807, 2.05) is 36.2 Å². The van der Waals surface area contributed by atoms with Crippen molar-refractivity contribution in [2.45, 2.75) is 49.3 Å². The van der Waals surface area contributed by atoms with Crippen LogP contribution in [0, 0.1) is 11.2 Å². The molecule has 0 aliphatic carbocycles. The van der Waals surface area contributed by atoms with Crippen molar-refractivity contribution in [3.63, 3.8) is 0 Å². The Hall–Kier alpha value is -1.86. The lowest BCUT2D eigenvalue weighted by Gasteiger charge is -2.37. The SMILES string of the molecule is CCCCC1(CC)CSc2cc(OCC(=O)O)c(SC)cc2N(c2ccc(F)cc2)C1. The lowest BCUT2D eigenvalue weighted by Crippen LogP contribution is -2.36. The minimum absolute atomic E-state index is 0.135. The van der Waals surface area contributed by atoms with Crippen LogP contribution in [0.2, 0.25) is 0 Å². The lowest BCUT2D eigenvalue weighted by molar-refractivity contribution is -0.139. The van der Waals surface area contributed by atoms with Gasteiger partial charge in [-0.05, 0) is 60.9 Å². The minimum atomic E-state index is -0.993. The summed E-state index contributed by atoms with van der Waals surface area (Å²) in [7, 11) is 0. The van der Waals surface area contributed by atoms with E-state index in [1.165, 1.54) is 30.3 Å². The second-order valence-corrected chi connectivity index (χ2v) is 9.83. The number of carbonyl (C=O) groups is 1. The first kappa shape index (κ1) is 23.8. The number of ether oxygens (including phenoxy) is 1. The number of hydrogen-bond acceptors (Lipinski definition) is 5. The van der Waals surface area contributed by atoms with Crippen LogP contribution < -0.4 is 9.64 Å². The highest BCUT2D eigenvalue weighted by Crippen LogP contribution is 2.49. The summed E-state index contributed by atoms with van der Waals surface area (Å²) in [5.41, 5.74) is 2.16. The van der Waals surface area contributed by atoms with Gasteiger partial charge >= 0.3 is 5.97 Å². The van der Waals surface area contributed by atoms with E-state index >= 15 is 0 Å². The molecule has 2 aromatic rings. The van der Waals surface area contributed by atoms with Gasteiger partial charge in [-0.15, -0.1) is 23.5 Å². The Morgan fingerprint density at radius 2 is 2.03 bits per heavy atom. The van der Waals surface area contributed by atoms with Crippen LogP contribution in [-0.4, -0.2) is 36.2 Å². The molecule has 1 N–H and O–H groups in total. The molecule has 1 aliphatic heterocycles. The maximum atomic E-state index is 13.6. The summed E-state index contributed by atoms with van der Waals surface area (Å²) in [6, 6.07) is 10.7. The molecule has 4 nitrogen and oxygen atoms in total. The van der Waals surface area contributed by atoms with Crippen LogP contribution >= 0.6 is 23.5 Å². The molecular formula is C24H30FNO3S2. The Bertz CT molecular complexity index is 906. The van der Waals surface area contributed by atoms with Crippen LogP contribution in [0.3, 0.4) is 0 Å². The van der Waals surface area contributed by atoms with E-state index in [0.717, 1.165) is 52.7 Å². The van der Waals surface area contributed by atoms with Crippen LogP contribution in [0.5, 0.6) is 5.75 Å². The van der Waals surface area contributed by atoms with Crippen LogP contribution in [0.15, 0.2) is 46.2 Å². The summed E-state index contributed by atoms with van der Waals surface area (Å²) in [5.74, 6) is 0.332. The fraction of sp³-hybridized carbons (Fsp3) is 0.458. The van der Waals surface area contributed by atoms with E-state index < -0.39 is 5.97 Å². The fourth-order valence-corrected chi connectivity index (χ4v) is 5.87. The Kier molecular flexibility index (Phi) is 8.17. The zero-order valence-electron chi connectivity index (χ0n) is 18.3. The highest BCUT2D eigenvalue weighted by atomic mass is 32.2. The van der Waals surface area contributed by atoms with Gasteiger partial charge in [0.05, 0.1) is 10.6 Å². The highest BCUT2D eigenvalue weighted by molar-refractivity contribution is 7.99. The van der Waals surface area contributed by atoms with Crippen molar-refractivity contribution in [3.8, 4) is 5.75 Å². The van der Waals surface area contributed by atoms with E-state index in [9.17, 15) is 9.18 Å². The molecule has 0 aromatic heterocycles. The van der Waals surface area contributed by atoms with Crippen molar-refractivity contribution in [1.29, 1.82) is 0 Å². The van der Waals surface area contributed by atoms with Crippen molar-refractivity contribution in [1.82, 2.24) is 0 Å². The number of thioether (sulfide) groups is 2. The van der Waals surface area contributed by atoms with Gasteiger partial charge in [-0.3, -0.25) is 0 Å². The van der Waals surface area contributed by atoms with Crippen molar-refractivity contribution >= 4 is 40.9 Å². The van der Waals surface area contributed by atoms with Gasteiger partial charge in [-0.25, -0.2) is 9.18 Å². The molecule has 168 valence electrons. The maximum Gasteiger partial charge on any atom is 0.341 e. The summed E-state index contributed by atoms with van der Waals surface area (Å²) in [5, 5.41) is 9.04. The Balaban J connectivity index is 2.09. The number of anilines is 2. The first-order valence-corrected chi connectivity index (χ1v) is 12.8. The molecule has 0 saturated carbocycles. The molecule has 1 heterocycles. The molecule has 7 heteroatoms. The van der Waals surface area contributed by atoms with E-state index in [1.54, 1.807) is 0 Å². The van der Waals surface area contributed by atoms with Crippen molar-refractivity contribution in [3.05, 3.63) is 42.2 Å². The average molecular weight is 464 g/mol.